The summed E-state index contributed by atoms with van der Waals surface area (Å²) < 4.78 is 15.0. The van der Waals surface area contributed by atoms with Crippen LogP contribution >= 0.6 is 11.6 Å². The van der Waals surface area contributed by atoms with Crippen LogP contribution in [0.15, 0.2) is 90.6 Å². The van der Waals surface area contributed by atoms with Gasteiger partial charge in [0.05, 0.1) is 16.0 Å². The van der Waals surface area contributed by atoms with Crippen molar-refractivity contribution < 1.29 is 9.32 Å². The molecular weight excluding hydrogens is 430 g/mol. The van der Waals surface area contributed by atoms with Crippen LogP contribution in [0, 0.1) is 0 Å². The second-order valence-corrected chi connectivity index (χ2v) is 8.52. The Kier molecular flexibility index (Phi) is 6.13. The highest BCUT2D eigenvalue weighted by atomic mass is 35.5. The summed E-state index contributed by atoms with van der Waals surface area (Å²) in [7, 11) is -1.71. The van der Waals surface area contributed by atoms with Crippen LogP contribution < -0.4 is 0 Å². The van der Waals surface area contributed by atoms with E-state index in [1.165, 1.54) is 16.4 Å². The van der Waals surface area contributed by atoms with Crippen molar-refractivity contribution in [2.75, 3.05) is 0 Å². The minimum atomic E-state index is -1.71. The number of aliphatic hydroxyl groups excluding tert-OH is 1. The van der Waals surface area contributed by atoms with E-state index in [2.05, 4.69) is 16.5 Å². The molecule has 0 amide bonds. The molecule has 0 aliphatic rings. The molecule has 156 valence electrons. The monoisotopic (exact) mass is 449 g/mol. The normalized spacial score (nSPS) is 14.4. The molecule has 4 aromatic rings. The van der Waals surface area contributed by atoms with Gasteiger partial charge in [-0.2, -0.15) is 0 Å². The van der Waals surface area contributed by atoms with Gasteiger partial charge in [0.2, 0.25) is 0 Å². The highest BCUT2D eigenvalue weighted by Crippen LogP contribution is 2.33. The smallest absolute Gasteiger partial charge is 0.158 e. The summed E-state index contributed by atoms with van der Waals surface area (Å²) in [5.41, 5.74) is 1.45. The fourth-order valence-electron chi connectivity index (χ4n) is 3.39. The second kappa shape index (κ2) is 8.98. The van der Waals surface area contributed by atoms with Gasteiger partial charge in [0.1, 0.15) is 17.6 Å². The molecule has 0 aliphatic heterocycles. The van der Waals surface area contributed by atoms with E-state index < -0.39 is 17.1 Å². The number of benzene rings is 2. The Bertz CT molecular complexity index is 1370. The van der Waals surface area contributed by atoms with Crippen molar-refractivity contribution >= 4 is 44.4 Å². The number of aromatic nitrogens is 3. The van der Waals surface area contributed by atoms with E-state index in [4.69, 9.17) is 11.6 Å². The Labute approximate surface area is 187 Å². The molecular formula is C24H20ClN3O2S. The summed E-state index contributed by atoms with van der Waals surface area (Å²) >= 11 is 6.28. The summed E-state index contributed by atoms with van der Waals surface area (Å²) in [5, 5.41) is 14.1. The summed E-state index contributed by atoms with van der Waals surface area (Å²) in [5.74, 6) is 0. The maximum absolute atomic E-state index is 13.5. The summed E-state index contributed by atoms with van der Waals surface area (Å²) in [6.45, 7) is 5.65. The quantitative estimate of drug-likeness (QED) is 0.312. The van der Waals surface area contributed by atoms with E-state index in [0.29, 0.717) is 27.2 Å². The van der Waals surface area contributed by atoms with Gasteiger partial charge >= 0.3 is 0 Å². The number of hydrogen-bond donors (Lipinski definition) is 1. The number of fused-ring (bicyclic) bond motifs is 2. The predicted molar refractivity (Wildman–Crippen MR) is 127 cm³/mol. The number of nitrogens with zero attached hydrogens (tertiary/aromatic N) is 3. The van der Waals surface area contributed by atoms with Crippen LogP contribution in [0.3, 0.4) is 0 Å². The van der Waals surface area contributed by atoms with E-state index in [-0.39, 0.29) is 5.15 Å². The highest BCUT2D eigenvalue weighted by molar-refractivity contribution is 7.87. The molecule has 4 rings (SSSR count). The maximum Gasteiger partial charge on any atom is 0.158 e. The number of aliphatic hydroxyl groups is 1. The van der Waals surface area contributed by atoms with Crippen LogP contribution in [0.25, 0.3) is 21.8 Å². The molecule has 2 unspecified atom stereocenters. The van der Waals surface area contributed by atoms with Crippen molar-refractivity contribution in [1.82, 2.24) is 13.9 Å². The SMILES string of the molecule is C=C/C(=C\C=C/C)S(=O)n1c(C(O)c2ccc3ccccc3c2)cc2c(Cl)ncnc21. The highest BCUT2D eigenvalue weighted by Gasteiger charge is 2.24. The van der Waals surface area contributed by atoms with Gasteiger partial charge in [0, 0.05) is 0 Å². The molecule has 7 heteroatoms. The van der Waals surface area contributed by atoms with Gasteiger partial charge in [-0.15, -0.1) is 0 Å². The molecule has 0 saturated carbocycles. The third kappa shape index (κ3) is 3.97. The average Bonchev–Trinajstić information content (AvgIpc) is 3.19. The summed E-state index contributed by atoms with van der Waals surface area (Å²) in [4.78, 5) is 8.78. The summed E-state index contributed by atoms with van der Waals surface area (Å²) in [6, 6.07) is 15.3. The maximum atomic E-state index is 13.5. The van der Waals surface area contributed by atoms with Gasteiger partial charge in [-0.25, -0.2) is 18.1 Å². The predicted octanol–water partition coefficient (Wildman–Crippen LogP) is 5.48. The number of halogens is 1. The molecule has 2 heterocycles. The molecule has 0 spiro atoms. The Hall–Kier alpha value is -3.06. The van der Waals surface area contributed by atoms with Crippen LogP contribution in [-0.2, 0) is 11.0 Å². The second-order valence-electron chi connectivity index (χ2n) is 6.82. The molecule has 1 N–H and O–H groups in total. The lowest BCUT2D eigenvalue weighted by Gasteiger charge is -2.16. The molecule has 31 heavy (non-hydrogen) atoms. The minimum absolute atomic E-state index is 0.227. The van der Waals surface area contributed by atoms with Crippen molar-refractivity contribution in [3.05, 3.63) is 107 Å². The Morgan fingerprint density at radius 1 is 1.19 bits per heavy atom. The number of rotatable bonds is 6. The van der Waals surface area contributed by atoms with Gasteiger partial charge in [-0.1, -0.05) is 72.8 Å². The lowest BCUT2D eigenvalue weighted by molar-refractivity contribution is 0.215. The average molecular weight is 450 g/mol. The molecule has 0 aliphatic carbocycles. The standard InChI is InChI=1S/C24H20ClN3O2S/c1-3-5-10-19(4-2)31(30)28-21(14-20-23(25)26-15-27-24(20)28)22(29)18-12-11-16-8-6-7-9-17(16)13-18/h3-15,22,29H,2H2,1H3/b5-3-,19-10+. The van der Waals surface area contributed by atoms with Gasteiger partial charge < -0.3 is 5.11 Å². The fourth-order valence-corrected chi connectivity index (χ4v) is 4.76. The van der Waals surface area contributed by atoms with E-state index >= 15 is 0 Å². The molecule has 5 nitrogen and oxygen atoms in total. The molecule has 0 saturated heterocycles. The first-order chi connectivity index (χ1) is 15.0. The zero-order valence-corrected chi connectivity index (χ0v) is 18.3. The van der Waals surface area contributed by atoms with Gasteiger partial charge in [0.15, 0.2) is 16.6 Å². The number of allylic oxidation sites excluding steroid dienone is 4. The molecule has 0 radical (unpaired) electrons. The van der Waals surface area contributed by atoms with Crippen molar-refractivity contribution in [2.45, 2.75) is 13.0 Å². The lowest BCUT2D eigenvalue weighted by Crippen LogP contribution is -2.14. The Morgan fingerprint density at radius 2 is 1.97 bits per heavy atom. The van der Waals surface area contributed by atoms with Gasteiger partial charge in [-0.05, 0) is 41.5 Å². The topological polar surface area (TPSA) is 68.0 Å². The van der Waals surface area contributed by atoms with E-state index in [1.54, 1.807) is 18.2 Å². The van der Waals surface area contributed by atoms with Gasteiger partial charge in [-0.3, -0.25) is 0 Å². The molecule has 2 atom stereocenters. The molecule has 2 aromatic carbocycles. The fraction of sp³-hybridized carbons (Fsp3) is 0.0833. The largest absolute Gasteiger partial charge is 0.382 e. The zero-order valence-electron chi connectivity index (χ0n) is 16.8. The van der Waals surface area contributed by atoms with Crippen LogP contribution in [0.4, 0.5) is 0 Å². The van der Waals surface area contributed by atoms with Crippen molar-refractivity contribution in [3.8, 4) is 0 Å². The van der Waals surface area contributed by atoms with Crippen LogP contribution in [0.5, 0.6) is 0 Å². The molecule has 0 bridgehead atoms. The van der Waals surface area contributed by atoms with Crippen LogP contribution in [0.2, 0.25) is 5.15 Å². The van der Waals surface area contributed by atoms with E-state index in [0.717, 1.165) is 10.8 Å². The zero-order chi connectivity index (χ0) is 22.0. The third-order valence-corrected chi connectivity index (χ3v) is 6.65. The first kappa shape index (κ1) is 21.2. The molecule has 0 fully saturated rings. The number of hydrogen-bond acceptors (Lipinski definition) is 4. The first-order valence-electron chi connectivity index (χ1n) is 9.61. The molecule has 2 aromatic heterocycles. The van der Waals surface area contributed by atoms with Crippen molar-refractivity contribution in [3.63, 3.8) is 0 Å². The van der Waals surface area contributed by atoms with E-state index in [1.807, 2.05) is 55.5 Å². The summed E-state index contributed by atoms with van der Waals surface area (Å²) in [6.07, 6.45) is 7.11. The van der Waals surface area contributed by atoms with Crippen molar-refractivity contribution in [2.24, 2.45) is 0 Å². The lowest BCUT2D eigenvalue weighted by atomic mass is 10.0. The van der Waals surface area contributed by atoms with Gasteiger partial charge in [0.25, 0.3) is 0 Å². The first-order valence-corrected chi connectivity index (χ1v) is 11.1. The van der Waals surface area contributed by atoms with E-state index in [9.17, 15) is 9.32 Å². The van der Waals surface area contributed by atoms with Crippen molar-refractivity contribution in [1.29, 1.82) is 0 Å². The van der Waals surface area contributed by atoms with Crippen LogP contribution in [-0.4, -0.2) is 23.3 Å². The third-order valence-electron chi connectivity index (χ3n) is 4.92. The Morgan fingerprint density at radius 3 is 2.71 bits per heavy atom. The minimum Gasteiger partial charge on any atom is -0.382 e. The Balaban J connectivity index is 1.92. The van der Waals surface area contributed by atoms with Crippen LogP contribution in [0.1, 0.15) is 24.3 Å².